The van der Waals surface area contributed by atoms with Crippen molar-refractivity contribution in [3.05, 3.63) is 140 Å². The van der Waals surface area contributed by atoms with Crippen molar-refractivity contribution >= 4 is 34.9 Å². The van der Waals surface area contributed by atoms with E-state index in [9.17, 15) is 20.2 Å². The van der Waals surface area contributed by atoms with Crippen LogP contribution in [0.3, 0.4) is 0 Å². The molecule has 0 fully saturated rings. The number of ether oxygens (including phenoxy) is 2. The molecule has 0 aromatic heterocycles. The maximum Gasteiger partial charge on any atom is 0.270 e. The van der Waals surface area contributed by atoms with Crippen LogP contribution in [0, 0.1) is 20.2 Å². The Morgan fingerprint density at radius 2 is 0.981 bits per heavy atom. The van der Waals surface area contributed by atoms with Crippen LogP contribution in [0.25, 0.3) is 12.2 Å². The zero-order chi connectivity index (χ0) is 37.1. The second kappa shape index (κ2) is 12.5. The molecular formula is C42H44N4O6. The van der Waals surface area contributed by atoms with Crippen LogP contribution in [0.1, 0.15) is 76.6 Å². The van der Waals surface area contributed by atoms with Crippen molar-refractivity contribution in [1.29, 1.82) is 0 Å². The molecule has 10 nitrogen and oxygen atoms in total. The molecule has 0 aliphatic carbocycles. The highest BCUT2D eigenvalue weighted by Gasteiger charge is 2.59. The van der Waals surface area contributed by atoms with Crippen LogP contribution in [0.5, 0.6) is 11.5 Å². The van der Waals surface area contributed by atoms with E-state index in [1.807, 2.05) is 12.2 Å². The van der Waals surface area contributed by atoms with Crippen molar-refractivity contribution in [1.82, 2.24) is 0 Å². The normalized spacial score (nSPS) is 22.0. The average Bonchev–Trinajstić information content (AvgIpc) is 3.42. The van der Waals surface area contributed by atoms with E-state index >= 15 is 0 Å². The van der Waals surface area contributed by atoms with Crippen molar-refractivity contribution in [2.45, 2.75) is 76.7 Å². The van der Waals surface area contributed by atoms with Gasteiger partial charge in [-0.1, -0.05) is 50.2 Å². The van der Waals surface area contributed by atoms with Gasteiger partial charge in [0, 0.05) is 59.9 Å². The molecule has 4 heterocycles. The van der Waals surface area contributed by atoms with Crippen LogP contribution in [0.15, 0.2) is 97.1 Å². The predicted octanol–water partition coefficient (Wildman–Crippen LogP) is 9.81. The number of hydrogen-bond acceptors (Lipinski definition) is 8. The lowest BCUT2D eigenvalue weighted by Crippen LogP contribution is -2.59. The molecule has 52 heavy (non-hydrogen) atoms. The first-order valence-corrected chi connectivity index (χ1v) is 17.9. The number of anilines is 2. The van der Waals surface area contributed by atoms with E-state index in [0.29, 0.717) is 11.5 Å². The predicted molar refractivity (Wildman–Crippen MR) is 205 cm³/mol. The summed E-state index contributed by atoms with van der Waals surface area (Å²) in [4.78, 5) is 26.0. The van der Waals surface area contributed by atoms with Crippen LogP contribution in [-0.4, -0.2) is 34.4 Å². The van der Waals surface area contributed by atoms with Crippen molar-refractivity contribution in [3.8, 4) is 11.5 Å². The van der Waals surface area contributed by atoms with Gasteiger partial charge in [0.15, 0.2) is 0 Å². The third kappa shape index (κ3) is 5.06. The fourth-order valence-corrected chi connectivity index (χ4v) is 8.43. The lowest BCUT2D eigenvalue weighted by atomic mass is 9.76. The van der Waals surface area contributed by atoms with Gasteiger partial charge in [0.1, 0.15) is 11.5 Å². The monoisotopic (exact) mass is 700 g/mol. The molecule has 0 saturated heterocycles. The van der Waals surface area contributed by atoms with E-state index in [2.05, 4.69) is 112 Å². The summed E-state index contributed by atoms with van der Waals surface area (Å²) < 4.78 is 13.2. The first kappa shape index (κ1) is 34.8. The van der Waals surface area contributed by atoms with Crippen molar-refractivity contribution in [2.24, 2.45) is 0 Å². The summed E-state index contributed by atoms with van der Waals surface area (Å²) in [6, 6.07) is 26.4. The number of non-ortho nitro benzene ring substituents is 2. The highest BCUT2D eigenvalue weighted by atomic mass is 16.6. The molecule has 0 unspecified atom stereocenters. The van der Waals surface area contributed by atoms with E-state index in [-0.39, 0.29) is 32.1 Å². The van der Waals surface area contributed by atoms with Crippen molar-refractivity contribution in [2.75, 3.05) is 22.9 Å². The van der Waals surface area contributed by atoms with Gasteiger partial charge in [-0.15, -0.1) is 0 Å². The Bertz CT molecular complexity index is 1990. The van der Waals surface area contributed by atoms with Gasteiger partial charge in [-0.05, 0) is 100 Å². The number of nitro benzene ring substituents is 2. The molecule has 0 saturated carbocycles. The van der Waals surface area contributed by atoms with Gasteiger partial charge in [0.05, 0.1) is 20.7 Å². The van der Waals surface area contributed by atoms with E-state index in [0.717, 1.165) is 37.1 Å². The van der Waals surface area contributed by atoms with E-state index in [1.54, 1.807) is 24.3 Å². The van der Waals surface area contributed by atoms with Crippen LogP contribution < -0.4 is 19.3 Å². The molecule has 8 rings (SSSR count). The minimum absolute atomic E-state index is 0.0762. The Labute approximate surface area is 304 Å². The second-order valence-corrected chi connectivity index (χ2v) is 14.8. The van der Waals surface area contributed by atoms with Gasteiger partial charge in [-0.3, -0.25) is 20.2 Å². The molecule has 0 N–H and O–H groups in total. The van der Waals surface area contributed by atoms with Crippen LogP contribution >= 0.6 is 0 Å². The Morgan fingerprint density at radius 1 is 0.596 bits per heavy atom. The van der Waals surface area contributed by atoms with Crippen molar-refractivity contribution in [3.63, 3.8) is 0 Å². The summed E-state index contributed by atoms with van der Waals surface area (Å²) in [7, 11) is 0. The van der Waals surface area contributed by atoms with Gasteiger partial charge in [-0.2, -0.15) is 0 Å². The lowest BCUT2D eigenvalue weighted by Gasteiger charge is -2.47. The summed E-state index contributed by atoms with van der Waals surface area (Å²) in [6.07, 6.45) is 10.0. The van der Waals surface area contributed by atoms with E-state index in [4.69, 9.17) is 9.47 Å². The number of para-hydroxylation sites is 2. The van der Waals surface area contributed by atoms with Gasteiger partial charge >= 0.3 is 0 Å². The third-order valence-corrected chi connectivity index (χ3v) is 11.1. The highest BCUT2D eigenvalue weighted by Crippen LogP contribution is 2.56. The van der Waals surface area contributed by atoms with E-state index in [1.165, 1.54) is 34.6 Å². The molecule has 2 atom stereocenters. The molecule has 0 bridgehead atoms. The van der Waals surface area contributed by atoms with Crippen molar-refractivity contribution < 1.29 is 19.3 Å². The molecule has 0 amide bonds. The van der Waals surface area contributed by atoms with E-state index < -0.39 is 11.4 Å². The second-order valence-electron chi connectivity index (χ2n) is 14.8. The minimum atomic E-state index is -0.643. The Hall–Kier alpha value is -5.64. The molecule has 0 radical (unpaired) electrons. The summed E-state index contributed by atoms with van der Waals surface area (Å²) in [6.45, 7) is 14.8. The van der Waals surface area contributed by atoms with Gasteiger partial charge in [-0.25, -0.2) is 0 Å². The molecule has 4 aliphatic rings. The molecule has 268 valence electrons. The molecular weight excluding hydrogens is 656 g/mol. The molecule has 2 spiro atoms. The maximum absolute atomic E-state index is 11.1. The molecule has 4 aliphatic heterocycles. The smallest absolute Gasteiger partial charge is 0.270 e. The first-order valence-electron chi connectivity index (χ1n) is 17.9. The van der Waals surface area contributed by atoms with Gasteiger partial charge < -0.3 is 19.3 Å². The number of rotatable bonds is 6. The Balaban J connectivity index is 0.000000162. The number of benzene rings is 4. The summed E-state index contributed by atoms with van der Waals surface area (Å²) >= 11 is 0. The fourth-order valence-electron chi connectivity index (χ4n) is 8.43. The van der Waals surface area contributed by atoms with Crippen LogP contribution in [0.4, 0.5) is 22.7 Å². The number of nitrogens with zero attached hydrogens (tertiary/aromatic N) is 4. The summed E-state index contributed by atoms with van der Waals surface area (Å²) in [5.41, 5.74) is 4.70. The number of fused-ring (bicyclic) bond motifs is 4. The fraction of sp³-hybridized carbons (Fsp3) is 0.333. The lowest BCUT2D eigenvalue weighted by molar-refractivity contribution is -0.385. The maximum atomic E-state index is 11.1. The topological polar surface area (TPSA) is 111 Å². The van der Waals surface area contributed by atoms with Gasteiger partial charge in [0.25, 0.3) is 11.4 Å². The number of hydrogen-bond donors (Lipinski definition) is 0. The summed E-state index contributed by atoms with van der Waals surface area (Å²) in [5.74, 6) is 1.36. The Morgan fingerprint density at radius 3 is 1.35 bits per heavy atom. The highest BCUT2D eigenvalue weighted by molar-refractivity contribution is 5.74. The molecule has 4 aromatic rings. The SMILES string of the molecule is CCCN1c2ccccc2C(C)(C)[C@@]12C=Cc1cc([N+](=O)[O-])ccc1O2.CCCN1c2ccccc2C(C)(C)[C@]12C=Cc1cc([N+](=O)[O-])ccc1O2. The standard InChI is InChI=1S/2C21H22N2O3/c2*1-4-13-22-18-8-6-5-7-17(18)20(2,3)21(22)12-11-15-14-16(23(24)25)9-10-19(15)26-21/h2*5-12,14H,4,13H2,1-3H3/t2*21-/m10/s1. The number of nitro groups is 2. The third-order valence-electron chi connectivity index (χ3n) is 11.1. The van der Waals surface area contributed by atoms with Crippen LogP contribution in [-0.2, 0) is 10.8 Å². The zero-order valence-corrected chi connectivity index (χ0v) is 30.5. The van der Waals surface area contributed by atoms with Crippen LogP contribution in [0.2, 0.25) is 0 Å². The Kier molecular flexibility index (Phi) is 8.39. The zero-order valence-electron chi connectivity index (χ0n) is 30.5. The summed E-state index contributed by atoms with van der Waals surface area (Å²) in [5, 5.41) is 22.1. The average molecular weight is 701 g/mol. The molecule has 10 heteroatoms. The molecule has 4 aromatic carbocycles. The van der Waals surface area contributed by atoms with Gasteiger partial charge in [0.2, 0.25) is 11.4 Å². The quantitative estimate of drug-likeness (QED) is 0.144. The minimum Gasteiger partial charge on any atom is -0.463 e. The largest absolute Gasteiger partial charge is 0.463 e. The first-order chi connectivity index (χ1) is 24.8.